The van der Waals surface area contributed by atoms with Gasteiger partial charge in [0.05, 0.1) is 17.2 Å². The Morgan fingerprint density at radius 3 is 2.31 bits per heavy atom. The van der Waals surface area contributed by atoms with Crippen LogP contribution in [0.1, 0.15) is 29.5 Å². The van der Waals surface area contributed by atoms with Gasteiger partial charge < -0.3 is 9.47 Å². The van der Waals surface area contributed by atoms with Crippen LogP contribution in [0, 0.1) is 11.3 Å². The van der Waals surface area contributed by atoms with Crippen LogP contribution in [0.3, 0.4) is 0 Å². The van der Waals surface area contributed by atoms with Crippen molar-refractivity contribution in [2.24, 2.45) is 0 Å². The number of carbonyl (C=O) groups excluding carboxylic acids is 1. The van der Waals surface area contributed by atoms with Crippen LogP contribution in [0.2, 0.25) is 0 Å². The van der Waals surface area contributed by atoms with Crippen LogP contribution in [0.4, 0.5) is 0 Å². The minimum absolute atomic E-state index is 0.195. The van der Waals surface area contributed by atoms with Gasteiger partial charge in [0.15, 0.2) is 0 Å². The van der Waals surface area contributed by atoms with Crippen LogP contribution in [-0.4, -0.2) is 12.1 Å². The maximum Gasteiger partial charge on any atom is 0.337 e. The number of fused-ring (bicyclic) bond motifs is 2. The fourth-order valence-corrected chi connectivity index (χ4v) is 5.32. The summed E-state index contributed by atoms with van der Waals surface area (Å²) >= 11 is 6.98. The first-order chi connectivity index (χ1) is 17.0. The highest BCUT2D eigenvalue weighted by atomic mass is 79.9. The summed E-state index contributed by atoms with van der Waals surface area (Å²) in [5.41, 5.74) is 3.23. The largest absolute Gasteiger partial charge is 0.484 e. The molecular formula is C29H21Br2NO3. The summed E-state index contributed by atoms with van der Waals surface area (Å²) < 4.78 is 13.9. The number of esters is 1. The second kappa shape index (κ2) is 9.85. The molecule has 0 unspecified atom stereocenters. The number of allylic oxidation sites excluding steroid dienone is 2. The Morgan fingerprint density at radius 1 is 1.00 bits per heavy atom. The first kappa shape index (κ1) is 23.6. The van der Waals surface area contributed by atoms with E-state index in [4.69, 9.17) is 9.47 Å². The second-order valence-electron chi connectivity index (χ2n) is 8.65. The minimum atomic E-state index is -0.593. The van der Waals surface area contributed by atoms with Gasteiger partial charge in [0, 0.05) is 26.3 Å². The minimum Gasteiger partial charge on any atom is -0.484 e. The number of nitriles is 1. The Morgan fingerprint density at radius 2 is 1.66 bits per heavy atom. The van der Waals surface area contributed by atoms with Gasteiger partial charge in [-0.3, -0.25) is 0 Å². The molecule has 0 saturated carbocycles. The van der Waals surface area contributed by atoms with E-state index >= 15 is 0 Å². The first-order valence-corrected chi connectivity index (χ1v) is 12.8. The summed E-state index contributed by atoms with van der Waals surface area (Å²) in [7, 11) is 0. The molecule has 5 rings (SSSR count). The molecule has 174 valence electrons. The van der Waals surface area contributed by atoms with Crippen LogP contribution >= 0.6 is 31.9 Å². The Bertz CT molecular complexity index is 1360. The van der Waals surface area contributed by atoms with Gasteiger partial charge in [-0.25, -0.2) is 4.79 Å². The molecule has 1 heterocycles. The van der Waals surface area contributed by atoms with Gasteiger partial charge >= 0.3 is 5.97 Å². The number of halogens is 2. The molecule has 0 spiro atoms. The molecule has 2 atom stereocenters. The van der Waals surface area contributed by atoms with Gasteiger partial charge in [-0.15, -0.1) is 0 Å². The van der Waals surface area contributed by atoms with Crippen molar-refractivity contribution in [2.75, 3.05) is 0 Å². The molecule has 0 N–H and O–H groups in total. The van der Waals surface area contributed by atoms with E-state index in [-0.39, 0.29) is 12.6 Å². The molecule has 1 aliphatic carbocycles. The summed E-state index contributed by atoms with van der Waals surface area (Å²) in [6, 6.07) is 27.8. The lowest BCUT2D eigenvalue weighted by Gasteiger charge is -2.45. The Balaban J connectivity index is 1.55. The Kier molecular flexibility index (Phi) is 6.64. The van der Waals surface area contributed by atoms with Crippen molar-refractivity contribution in [3.8, 4) is 6.07 Å². The van der Waals surface area contributed by atoms with Crippen molar-refractivity contribution in [2.45, 2.75) is 31.0 Å². The predicted octanol–water partition coefficient (Wildman–Crippen LogP) is 7.25. The maximum absolute atomic E-state index is 13.1. The van der Waals surface area contributed by atoms with Crippen molar-refractivity contribution >= 4 is 43.6 Å². The molecule has 4 nitrogen and oxygen atoms in total. The van der Waals surface area contributed by atoms with E-state index in [2.05, 4.69) is 37.9 Å². The quantitative estimate of drug-likeness (QED) is 0.294. The number of carbonyl (C=O) groups is 1. The molecule has 0 saturated heterocycles. The zero-order chi connectivity index (χ0) is 24.4. The van der Waals surface area contributed by atoms with Crippen molar-refractivity contribution in [1.29, 1.82) is 5.26 Å². The zero-order valence-corrected chi connectivity index (χ0v) is 21.9. The van der Waals surface area contributed by atoms with E-state index in [1.165, 1.54) is 0 Å². The van der Waals surface area contributed by atoms with Crippen LogP contribution in [-0.2, 0) is 26.3 Å². The number of rotatable bonds is 5. The van der Waals surface area contributed by atoms with Gasteiger partial charge in [0.2, 0.25) is 0 Å². The number of benzene rings is 3. The predicted molar refractivity (Wildman–Crippen MR) is 141 cm³/mol. The van der Waals surface area contributed by atoms with Gasteiger partial charge in [-0.1, -0.05) is 92.5 Å². The van der Waals surface area contributed by atoms with E-state index in [9.17, 15) is 10.1 Å². The topological polar surface area (TPSA) is 59.3 Å². The van der Waals surface area contributed by atoms with Gasteiger partial charge in [0.25, 0.3) is 0 Å². The van der Waals surface area contributed by atoms with Crippen LogP contribution < -0.4 is 0 Å². The van der Waals surface area contributed by atoms with E-state index in [1.54, 1.807) is 0 Å². The second-order valence-corrected chi connectivity index (χ2v) is 10.5. The van der Waals surface area contributed by atoms with Crippen molar-refractivity contribution in [3.63, 3.8) is 0 Å². The van der Waals surface area contributed by atoms with Gasteiger partial charge in [-0.2, -0.15) is 5.26 Å². The van der Waals surface area contributed by atoms with E-state index in [1.807, 2.05) is 84.9 Å². The van der Waals surface area contributed by atoms with Crippen molar-refractivity contribution < 1.29 is 14.3 Å². The highest BCUT2D eigenvalue weighted by Crippen LogP contribution is 2.52. The third kappa shape index (κ3) is 4.59. The molecule has 0 fully saturated rings. The molecule has 3 aromatic carbocycles. The molecule has 0 radical (unpaired) electrons. The third-order valence-corrected chi connectivity index (χ3v) is 7.64. The summed E-state index contributed by atoms with van der Waals surface area (Å²) in [5, 5.41) is 10.3. The summed E-state index contributed by atoms with van der Waals surface area (Å²) in [5.74, 6) is 0.124. The highest BCUT2D eigenvalue weighted by Gasteiger charge is 2.49. The number of hydrogen-bond donors (Lipinski definition) is 0. The number of nitrogens with zero attached hydrogens (tertiary/aromatic N) is 1. The maximum atomic E-state index is 13.1. The lowest BCUT2D eigenvalue weighted by molar-refractivity contribution is -0.141. The molecule has 2 bridgehead atoms. The third-order valence-electron chi connectivity index (χ3n) is 6.58. The molecule has 1 aliphatic heterocycles. The standard InChI is InChI=1S/C29H21Br2NO3/c30-22-10-6-20(7-11-22)27-25(17-32)29(21-8-12-23(31)13-9-21)15-14-24(26(16-29)35-27)28(33)34-18-19-4-2-1-3-5-19/h1-14,26H,15-16,18H2/t26-,29-/m1/s1. The van der Waals surface area contributed by atoms with Crippen LogP contribution in [0.5, 0.6) is 0 Å². The van der Waals surface area contributed by atoms with Crippen molar-refractivity contribution in [3.05, 3.63) is 122 Å². The average Bonchev–Trinajstić information content (AvgIpc) is 2.88. The monoisotopic (exact) mass is 589 g/mol. The summed E-state index contributed by atoms with van der Waals surface area (Å²) in [6.07, 6.45) is 2.36. The van der Waals surface area contributed by atoms with E-state index in [0.29, 0.717) is 29.7 Å². The lowest BCUT2D eigenvalue weighted by atomic mass is 9.63. The normalized spacial score (nSPS) is 20.9. The fourth-order valence-electron chi connectivity index (χ4n) is 4.79. The molecule has 0 aromatic heterocycles. The molecule has 2 aliphatic rings. The van der Waals surface area contributed by atoms with Crippen molar-refractivity contribution in [1.82, 2.24) is 0 Å². The Labute approximate surface area is 221 Å². The average molecular weight is 591 g/mol. The summed E-state index contributed by atoms with van der Waals surface area (Å²) in [6.45, 7) is 0.195. The summed E-state index contributed by atoms with van der Waals surface area (Å²) in [4.78, 5) is 13.1. The fraction of sp³-hybridized carbons (Fsp3) is 0.172. The lowest BCUT2D eigenvalue weighted by Crippen LogP contribution is -2.43. The number of hydrogen-bond acceptors (Lipinski definition) is 4. The first-order valence-electron chi connectivity index (χ1n) is 11.2. The number of ether oxygens (including phenoxy) is 2. The molecular weight excluding hydrogens is 570 g/mol. The molecule has 6 heteroatoms. The van der Waals surface area contributed by atoms with E-state index < -0.39 is 11.5 Å². The van der Waals surface area contributed by atoms with Crippen LogP contribution in [0.15, 0.2) is 105 Å². The smallest absolute Gasteiger partial charge is 0.337 e. The van der Waals surface area contributed by atoms with Gasteiger partial charge in [0.1, 0.15) is 18.5 Å². The van der Waals surface area contributed by atoms with E-state index in [0.717, 1.165) is 25.6 Å². The zero-order valence-electron chi connectivity index (χ0n) is 18.7. The SMILES string of the molecule is N#CC1=C(c2ccc(Br)cc2)O[C@@H]2C[C@@]1(c1ccc(Br)cc1)CC=C2C(=O)OCc1ccccc1. The van der Waals surface area contributed by atoms with Gasteiger partial charge in [-0.05, 0) is 41.8 Å². The molecule has 3 aromatic rings. The highest BCUT2D eigenvalue weighted by molar-refractivity contribution is 9.10. The Hall–Kier alpha value is -3.14. The van der Waals surface area contributed by atoms with Crippen LogP contribution in [0.25, 0.3) is 5.76 Å². The molecule has 0 amide bonds. The molecule has 35 heavy (non-hydrogen) atoms.